The summed E-state index contributed by atoms with van der Waals surface area (Å²) in [6.07, 6.45) is 4.62. The fourth-order valence-electron chi connectivity index (χ4n) is 4.20. The van der Waals surface area contributed by atoms with Crippen LogP contribution in [0.2, 0.25) is 0 Å². The maximum absolute atomic E-state index is 12.8. The predicted molar refractivity (Wildman–Crippen MR) is 118 cm³/mol. The normalized spacial score (nSPS) is 15.3. The van der Waals surface area contributed by atoms with Gasteiger partial charge in [0.25, 0.3) is 5.91 Å². The predicted octanol–water partition coefficient (Wildman–Crippen LogP) is 3.50. The van der Waals surface area contributed by atoms with Crippen LogP contribution < -0.4 is 14.8 Å². The van der Waals surface area contributed by atoms with Gasteiger partial charge in [-0.15, -0.1) is 0 Å². The minimum Gasteiger partial charge on any atom is -0.454 e. The van der Waals surface area contributed by atoms with E-state index in [1.54, 1.807) is 38.4 Å². The number of nitrogens with zero attached hydrogens (tertiary/aromatic N) is 2. The average Bonchev–Trinajstić information content (AvgIpc) is 3.45. The molecule has 0 bridgehead atoms. The third kappa shape index (κ3) is 5.17. The van der Waals surface area contributed by atoms with Crippen molar-refractivity contribution in [1.82, 2.24) is 9.80 Å². The Morgan fingerprint density at radius 1 is 1.00 bits per heavy atom. The van der Waals surface area contributed by atoms with Crippen LogP contribution in [0.5, 0.6) is 11.5 Å². The summed E-state index contributed by atoms with van der Waals surface area (Å²) in [7, 11) is 3.44. The second-order valence-electron chi connectivity index (χ2n) is 8.36. The molecule has 0 radical (unpaired) electrons. The third-order valence-electron chi connectivity index (χ3n) is 5.83. The van der Waals surface area contributed by atoms with Gasteiger partial charge in [0, 0.05) is 37.9 Å². The monoisotopic (exact) mass is 423 g/mol. The van der Waals surface area contributed by atoms with Gasteiger partial charge in [-0.25, -0.2) is 0 Å². The van der Waals surface area contributed by atoms with E-state index in [9.17, 15) is 9.59 Å². The van der Waals surface area contributed by atoms with E-state index >= 15 is 0 Å². The van der Waals surface area contributed by atoms with Crippen molar-refractivity contribution in [1.29, 1.82) is 0 Å². The van der Waals surface area contributed by atoms with Crippen LogP contribution in [0.15, 0.2) is 42.5 Å². The lowest BCUT2D eigenvalue weighted by molar-refractivity contribution is -0.118. The van der Waals surface area contributed by atoms with Crippen LogP contribution in [-0.2, 0) is 11.3 Å². The van der Waals surface area contributed by atoms with E-state index in [1.165, 1.54) is 17.7 Å². The van der Waals surface area contributed by atoms with Gasteiger partial charge >= 0.3 is 0 Å². The Hall–Kier alpha value is -3.06. The van der Waals surface area contributed by atoms with Gasteiger partial charge in [-0.1, -0.05) is 18.9 Å². The van der Waals surface area contributed by atoms with Gasteiger partial charge in [-0.2, -0.15) is 0 Å². The highest BCUT2D eigenvalue weighted by Gasteiger charge is 2.25. The van der Waals surface area contributed by atoms with Crippen LogP contribution in [0.1, 0.15) is 41.6 Å². The second-order valence-corrected chi connectivity index (χ2v) is 8.36. The van der Waals surface area contributed by atoms with Crippen molar-refractivity contribution < 1.29 is 19.1 Å². The molecule has 2 aliphatic rings. The van der Waals surface area contributed by atoms with Gasteiger partial charge in [0.1, 0.15) is 0 Å². The molecule has 1 fully saturated rings. The van der Waals surface area contributed by atoms with Gasteiger partial charge < -0.3 is 19.7 Å². The van der Waals surface area contributed by atoms with Gasteiger partial charge in [0.05, 0.1) is 6.54 Å². The molecule has 31 heavy (non-hydrogen) atoms. The smallest absolute Gasteiger partial charge is 0.253 e. The summed E-state index contributed by atoms with van der Waals surface area (Å²) in [5.74, 6) is 1.42. The number of nitrogens with one attached hydrogen (secondary N) is 1. The van der Waals surface area contributed by atoms with E-state index in [-0.39, 0.29) is 18.6 Å². The fourth-order valence-corrected chi connectivity index (χ4v) is 4.20. The van der Waals surface area contributed by atoms with Crippen molar-refractivity contribution in [2.75, 3.05) is 32.7 Å². The van der Waals surface area contributed by atoms with Crippen LogP contribution in [-0.4, -0.2) is 55.1 Å². The number of hydrogen-bond acceptors (Lipinski definition) is 5. The number of carbonyl (C=O) groups excluding carboxylic acids is 2. The molecule has 7 heteroatoms. The summed E-state index contributed by atoms with van der Waals surface area (Å²) in [4.78, 5) is 28.6. The SMILES string of the molecule is CN(C)C(=O)c1ccc(NC(=O)CN(Cc2ccc3c(c2)OCO3)C2CCCC2)cc1. The number of carbonyl (C=O) groups is 2. The van der Waals surface area contributed by atoms with Crippen LogP contribution in [0.25, 0.3) is 0 Å². The zero-order valence-electron chi connectivity index (χ0n) is 18.1. The van der Waals surface area contributed by atoms with Crippen molar-refractivity contribution >= 4 is 17.5 Å². The summed E-state index contributed by atoms with van der Waals surface area (Å²) < 4.78 is 10.9. The minimum absolute atomic E-state index is 0.0562. The molecule has 0 spiro atoms. The number of anilines is 1. The third-order valence-corrected chi connectivity index (χ3v) is 5.83. The molecule has 2 aromatic carbocycles. The van der Waals surface area contributed by atoms with E-state index in [2.05, 4.69) is 10.2 Å². The fraction of sp³-hybridized carbons (Fsp3) is 0.417. The van der Waals surface area contributed by atoms with Gasteiger partial charge in [0.2, 0.25) is 12.7 Å². The Balaban J connectivity index is 1.41. The topological polar surface area (TPSA) is 71.1 Å². The lowest BCUT2D eigenvalue weighted by Gasteiger charge is -2.28. The molecule has 0 aromatic heterocycles. The van der Waals surface area contributed by atoms with E-state index in [0.29, 0.717) is 30.4 Å². The maximum atomic E-state index is 12.8. The molecule has 164 valence electrons. The first-order chi connectivity index (χ1) is 15.0. The summed E-state index contributed by atoms with van der Waals surface area (Å²) in [6, 6.07) is 13.4. The number of hydrogen-bond donors (Lipinski definition) is 1. The standard InChI is InChI=1S/C24H29N3O4/c1-26(2)24(29)18-8-10-19(11-9-18)25-23(28)15-27(20-5-3-4-6-20)14-17-7-12-21-22(13-17)31-16-30-21/h7-13,20H,3-6,14-16H2,1-2H3,(H,25,28). The van der Waals surface area contributed by atoms with Gasteiger partial charge in [-0.3, -0.25) is 14.5 Å². The maximum Gasteiger partial charge on any atom is 0.253 e. The number of ether oxygens (including phenoxy) is 2. The molecule has 0 atom stereocenters. The Bertz CT molecular complexity index is 936. The summed E-state index contributed by atoms with van der Waals surface area (Å²) in [6.45, 7) is 1.26. The summed E-state index contributed by atoms with van der Waals surface area (Å²) in [5, 5.41) is 2.97. The van der Waals surface area contributed by atoms with Crippen LogP contribution in [0.3, 0.4) is 0 Å². The first-order valence-corrected chi connectivity index (χ1v) is 10.7. The number of amides is 2. The van der Waals surface area contributed by atoms with E-state index < -0.39 is 0 Å². The number of benzene rings is 2. The first kappa shape index (κ1) is 21.2. The molecule has 0 saturated heterocycles. The Morgan fingerprint density at radius 3 is 2.42 bits per heavy atom. The van der Waals surface area contributed by atoms with E-state index in [1.807, 2.05) is 18.2 Å². The molecule has 0 unspecified atom stereocenters. The Labute approximate surface area is 182 Å². The summed E-state index contributed by atoms with van der Waals surface area (Å²) >= 11 is 0. The summed E-state index contributed by atoms with van der Waals surface area (Å²) in [5.41, 5.74) is 2.39. The van der Waals surface area contributed by atoms with Crippen LogP contribution in [0, 0.1) is 0 Å². The average molecular weight is 424 g/mol. The van der Waals surface area contributed by atoms with Crippen molar-refractivity contribution in [3.63, 3.8) is 0 Å². The van der Waals surface area contributed by atoms with Crippen molar-refractivity contribution in [3.8, 4) is 11.5 Å². The molecule has 7 nitrogen and oxygen atoms in total. The van der Waals surface area contributed by atoms with E-state index in [4.69, 9.17) is 9.47 Å². The lowest BCUT2D eigenvalue weighted by Crippen LogP contribution is -2.39. The zero-order valence-corrected chi connectivity index (χ0v) is 18.1. The highest BCUT2D eigenvalue weighted by atomic mass is 16.7. The van der Waals surface area contributed by atoms with Crippen molar-refractivity contribution in [3.05, 3.63) is 53.6 Å². The highest BCUT2D eigenvalue weighted by Crippen LogP contribution is 2.33. The molecule has 1 heterocycles. The van der Waals surface area contributed by atoms with E-state index in [0.717, 1.165) is 29.9 Å². The Morgan fingerprint density at radius 2 is 1.71 bits per heavy atom. The largest absolute Gasteiger partial charge is 0.454 e. The van der Waals surface area contributed by atoms with Crippen molar-refractivity contribution in [2.24, 2.45) is 0 Å². The second kappa shape index (κ2) is 9.39. The van der Waals surface area contributed by atoms with Crippen LogP contribution in [0.4, 0.5) is 5.69 Å². The molecular weight excluding hydrogens is 394 g/mol. The molecule has 4 rings (SSSR count). The minimum atomic E-state index is -0.0611. The number of rotatable bonds is 7. The molecule has 1 aliphatic carbocycles. The zero-order chi connectivity index (χ0) is 21.8. The van der Waals surface area contributed by atoms with Crippen LogP contribution >= 0.6 is 0 Å². The molecule has 2 aromatic rings. The van der Waals surface area contributed by atoms with Gasteiger partial charge in [-0.05, 0) is 54.8 Å². The molecular formula is C24H29N3O4. The quantitative estimate of drug-likeness (QED) is 0.738. The lowest BCUT2D eigenvalue weighted by atomic mass is 10.1. The molecule has 1 aliphatic heterocycles. The molecule has 1 saturated carbocycles. The van der Waals surface area contributed by atoms with Crippen molar-refractivity contribution in [2.45, 2.75) is 38.3 Å². The molecule has 2 amide bonds. The highest BCUT2D eigenvalue weighted by molar-refractivity contribution is 5.96. The molecule has 1 N–H and O–H groups in total. The Kier molecular flexibility index (Phi) is 6.42. The first-order valence-electron chi connectivity index (χ1n) is 10.7. The van der Waals surface area contributed by atoms with Gasteiger partial charge in [0.15, 0.2) is 11.5 Å². The number of fused-ring (bicyclic) bond motifs is 1.